The van der Waals surface area contributed by atoms with Crippen LogP contribution in [0.15, 0.2) is 36.7 Å². The van der Waals surface area contributed by atoms with Crippen molar-refractivity contribution in [2.75, 3.05) is 5.73 Å². The Morgan fingerprint density at radius 1 is 1.25 bits per heavy atom. The Morgan fingerprint density at radius 3 is 2.69 bits per heavy atom. The fraction of sp³-hybridized carbons (Fsp3) is 0.167. The van der Waals surface area contributed by atoms with E-state index in [0.29, 0.717) is 12.4 Å². The molecule has 2 rings (SSSR count). The predicted molar refractivity (Wildman–Crippen MR) is 62.0 cm³/mol. The smallest absolute Gasteiger partial charge is 0.166 e. The summed E-state index contributed by atoms with van der Waals surface area (Å²) >= 11 is 0. The van der Waals surface area contributed by atoms with E-state index in [0.717, 1.165) is 17.0 Å². The highest BCUT2D eigenvalue weighted by Crippen LogP contribution is 2.20. The third kappa shape index (κ3) is 2.48. The Labute approximate surface area is 94.1 Å². The number of nitrogens with zero attached hydrogens (tertiary/aromatic N) is 2. The second-order valence-electron chi connectivity index (χ2n) is 3.48. The summed E-state index contributed by atoms with van der Waals surface area (Å²) < 4.78 is 5.60. The lowest BCUT2D eigenvalue weighted by Crippen LogP contribution is -2.01. The molecule has 1 heterocycles. The Kier molecular flexibility index (Phi) is 3.00. The SMILES string of the molecule is Cc1cc(N)ccc1OCc1ncccn1. The summed E-state index contributed by atoms with van der Waals surface area (Å²) in [6.07, 6.45) is 3.39. The number of hydrogen-bond donors (Lipinski definition) is 1. The van der Waals surface area contributed by atoms with Crippen molar-refractivity contribution in [3.63, 3.8) is 0 Å². The van der Waals surface area contributed by atoms with Gasteiger partial charge in [0.25, 0.3) is 0 Å². The topological polar surface area (TPSA) is 61.0 Å². The highest BCUT2D eigenvalue weighted by atomic mass is 16.5. The van der Waals surface area contributed by atoms with E-state index in [1.165, 1.54) is 0 Å². The Bertz CT molecular complexity index is 471. The maximum atomic E-state index is 5.65. The lowest BCUT2D eigenvalue weighted by atomic mass is 10.2. The monoisotopic (exact) mass is 215 g/mol. The molecule has 0 saturated carbocycles. The molecule has 0 amide bonds. The van der Waals surface area contributed by atoms with Crippen LogP contribution in [0, 0.1) is 6.92 Å². The molecular weight excluding hydrogens is 202 g/mol. The normalized spacial score (nSPS) is 10.1. The molecule has 82 valence electrons. The van der Waals surface area contributed by atoms with Crippen LogP contribution in [0.25, 0.3) is 0 Å². The van der Waals surface area contributed by atoms with Gasteiger partial charge in [-0.05, 0) is 36.8 Å². The molecule has 2 aromatic rings. The predicted octanol–water partition coefficient (Wildman–Crippen LogP) is 1.95. The summed E-state index contributed by atoms with van der Waals surface area (Å²) in [5.74, 6) is 1.47. The molecule has 0 radical (unpaired) electrons. The minimum Gasteiger partial charge on any atom is -0.485 e. The second kappa shape index (κ2) is 4.61. The maximum absolute atomic E-state index is 5.65. The van der Waals surface area contributed by atoms with Gasteiger partial charge < -0.3 is 10.5 Å². The van der Waals surface area contributed by atoms with Crippen LogP contribution in [0.3, 0.4) is 0 Å². The highest BCUT2D eigenvalue weighted by molar-refractivity contribution is 5.47. The fourth-order valence-electron chi connectivity index (χ4n) is 1.38. The van der Waals surface area contributed by atoms with Gasteiger partial charge in [0.2, 0.25) is 0 Å². The largest absolute Gasteiger partial charge is 0.485 e. The first-order valence-corrected chi connectivity index (χ1v) is 5.00. The van der Waals surface area contributed by atoms with E-state index in [9.17, 15) is 0 Å². The van der Waals surface area contributed by atoms with E-state index in [2.05, 4.69) is 9.97 Å². The molecule has 0 aliphatic carbocycles. The number of nitrogen functional groups attached to an aromatic ring is 1. The number of hydrogen-bond acceptors (Lipinski definition) is 4. The van der Waals surface area contributed by atoms with E-state index >= 15 is 0 Å². The third-order valence-electron chi connectivity index (χ3n) is 2.18. The lowest BCUT2D eigenvalue weighted by Gasteiger charge is -2.08. The molecule has 0 unspecified atom stereocenters. The van der Waals surface area contributed by atoms with Crippen LogP contribution >= 0.6 is 0 Å². The molecule has 0 bridgehead atoms. The zero-order valence-electron chi connectivity index (χ0n) is 9.05. The van der Waals surface area contributed by atoms with Gasteiger partial charge in [0.15, 0.2) is 5.82 Å². The number of aromatic nitrogens is 2. The molecule has 0 aliphatic rings. The van der Waals surface area contributed by atoms with Crippen molar-refractivity contribution >= 4 is 5.69 Å². The number of anilines is 1. The van der Waals surface area contributed by atoms with Crippen molar-refractivity contribution in [1.82, 2.24) is 9.97 Å². The van der Waals surface area contributed by atoms with Crippen molar-refractivity contribution in [3.8, 4) is 5.75 Å². The van der Waals surface area contributed by atoms with Crippen LogP contribution in [0.5, 0.6) is 5.75 Å². The minimum absolute atomic E-state index is 0.367. The van der Waals surface area contributed by atoms with Crippen molar-refractivity contribution in [2.24, 2.45) is 0 Å². The molecule has 0 aliphatic heterocycles. The van der Waals surface area contributed by atoms with Crippen LogP contribution in [0.4, 0.5) is 5.69 Å². The average Bonchev–Trinajstić information content (AvgIpc) is 2.29. The number of ether oxygens (including phenoxy) is 1. The molecule has 0 spiro atoms. The zero-order chi connectivity index (χ0) is 11.4. The van der Waals surface area contributed by atoms with E-state index in [1.807, 2.05) is 25.1 Å². The van der Waals surface area contributed by atoms with Gasteiger partial charge >= 0.3 is 0 Å². The summed E-state index contributed by atoms with van der Waals surface area (Å²) in [6.45, 7) is 2.32. The fourth-order valence-corrected chi connectivity index (χ4v) is 1.38. The molecule has 0 saturated heterocycles. The summed E-state index contributed by atoms with van der Waals surface area (Å²) in [5, 5.41) is 0. The van der Waals surface area contributed by atoms with E-state index in [1.54, 1.807) is 18.5 Å². The second-order valence-corrected chi connectivity index (χ2v) is 3.48. The Hall–Kier alpha value is -2.10. The highest BCUT2D eigenvalue weighted by Gasteiger charge is 2.01. The Balaban J connectivity index is 2.05. The number of aryl methyl sites for hydroxylation is 1. The number of nitrogens with two attached hydrogens (primary N) is 1. The summed E-state index contributed by atoms with van der Waals surface area (Å²) in [5.41, 5.74) is 7.40. The van der Waals surface area contributed by atoms with Crippen LogP contribution in [-0.2, 0) is 6.61 Å². The maximum Gasteiger partial charge on any atom is 0.166 e. The molecular formula is C12H13N3O. The molecule has 16 heavy (non-hydrogen) atoms. The molecule has 0 fully saturated rings. The first-order valence-electron chi connectivity index (χ1n) is 5.00. The van der Waals surface area contributed by atoms with E-state index < -0.39 is 0 Å². The molecule has 0 atom stereocenters. The first kappa shape index (κ1) is 10.4. The van der Waals surface area contributed by atoms with Gasteiger partial charge in [0.05, 0.1) is 0 Å². The lowest BCUT2D eigenvalue weighted by molar-refractivity contribution is 0.294. The molecule has 1 aromatic carbocycles. The van der Waals surface area contributed by atoms with E-state index in [4.69, 9.17) is 10.5 Å². The quantitative estimate of drug-likeness (QED) is 0.795. The zero-order valence-corrected chi connectivity index (χ0v) is 9.05. The van der Waals surface area contributed by atoms with Gasteiger partial charge in [-0.2, -0.15) is 0 Å². The summed E-state index contributed by atoms with van der Waals surface area (Å²) in [6, 6.07) is 7.32. The van der Waals surface area contributed by atoms with Gasteiger partial charge in [-0.15, -0.1) is 0 Å². The van der Waals surface area contributed by atoms with Gasteiger partial charge in [-0.25, -0.2) is 9.97 Å². The van der Waals surface area contributed by atoms with Gasteiger partial charge in [0.1, 0.15) is 12.4 Å². The number of benzene rings is 1. The van der Waals surface area contributed by atoms with Gasteiger partial charge in [-0.1, -0.05) is 0 Å². The van der Waals surface area contributed by atoms with Crippen LogP contribution in [-0.4, -0.2) is 9.97 Å². The first-order chi connectivity index (χ1) is 7.75. The van der Waals surface area contributed by atoms with Crippen LogP contribution in [0.1, 0.15) is 11.4 Å². The molecule has 4 heteroatoms. The minimum atomic E-state index is 0.367. The van der Waals surface area contributed by atoms with Crippen molar-refractivity contribution in [1.29, 1.82) is 0 Å². The number of rotatable bonds is 3. The van der Waals surface area contributed by atoms with Crippen molar-refractivity contribution in [3.05, 3.63) is 48.0 Å². The van der Waals surface area contributed by atoms with Crippen molar-refractivity contribution in [2.45, 2.75) is 13.5 Å². The molecule has 2 N–H and O–H groups in total. The standard InChI is InChI=1S/C12H13N3O/c1-9-7-10(13)3-4-11(9)16-8-12-14-5-2-6-15-12/h2-7H,8,13H2,1H3. The van der Waals surface area contributed by atoms with Gasteiger partial charge in [-0.3, -0.25) is 0 Å². The van der Waals surface area contributed by atoms with Gasteiger partial charge in [0, 0.05) is 18.1 Å². The van der Waals surface area contributed by atoms with E-state index in [-0.39, 0.29) is 0 Å². The third-order valence-corrected chi connectivity index (χ3v) is 2.18. The summed E-state index contributed by atoms with van der Waals surface area (Å²) in [7, 11) is 0. The van der Waals surface area contributed by atoms with Crippen molar-refractivity contribution < 1.29 is 4.74 Å². The average molecular weight is 215 g/mol. The van der Waals surface area contributed by atoms with Crippen LogP contribution < -0.4 is 10.5 Å². The summed E-state index contributed by atoms with van der Waals surface area (Å²) in [4.78, 5) is 8.16. The Morgan fingerprint density at radius 2 is 2.00 bits per heavy atom. The molecule has 4 nitrogen and oxygen atoms in total. The van der Waals surface area contributed by atoms with Crippen LogP contribution in [0.2, 0.25) is 0 Å². The molecule has 1 aromatic heterocycles.